The minimum Gasteiger partial charge on any atom is -0.480 e. The number of nitrogens with one attached hydrogen (secondary N) is 1. The zero-order chi connectivity index (χ0) is 13.3. The SMILES string of the molecule is CCCCCCCC(=O)NC(C(=O)O)C(C)C. The molecule has 0 spiro atoms. The number of hydrogen-bond donors (Lipinski definition) is 2. The van der Waals surface area contributed by atoms with Gasteiger partial charge in [0.05, 0.1) is 0 Å². The first-order valence-electron chi connectivity index (χ1n) is 6.51. The maximum Gasteiger partial charge on any atom is 0.326 e. The van der Waals surface area contributed by atoms with Crippen molar-refractivity contribution >= 4 is 11.9 Å². The van der Waals surface area contributed by atoms with E-state index in [-0.39, 0.29) is 11.8 Å². The summed E-state index contributed by atoms with van der Waals surface area (Å²) >= 11 is 0. The van der Waals surface area contributed by atoms with E-state index in [1.165, 1.54) is 12.8 Å². The van der Waals surface area contributed by atoms with Crippen LogP contribution in [0.25, 0.3) is 0 Å². The molecule has 1 atom stereocenters. The van der Waals surface area contributed by atoms with Crippen LogP contribution in [0.5, 0.6) is 0 Å². The zero-order valence-corrected chi connectivity index (χ0v) is 11.2. The van der Waals surface area contributed by atoms with Crippen molar-refractivity contribution in [2.45, 2.75) is 65.3 Å². The Kier molecular flexibility index (Phi) is 8.46. The second kappa shape index (κ2) is 9.02. The average molecular weight is 243 g/mol. The summed E-state index contributed by atoms with van der Waals surface area (Å²) in [6, 6.07) is -0.766. The first-order chi connectivity index (χ1) is 7.99. The number of carbonyl (C=O) groups is 2. The summed E-state index contributed by atoms with van der Waals surface area (Å²) < 4.78 is 0. The van der Waals surface area contributed by atoms with Crippen LogP contribution >= 0.6 is 0 Å². The van der Waals surface area contributed by atoms with Crippen LogP contribution in [-0.4, -0.2) is 23.0 Å². The van der Waals surface area contributed by atoms with E-state index in [4.69, 9.17) is 5.11 Å². The maximum atomic E-state index is 11.5. The topological polar surface area (TPSA) is 66.4 Å². The van der Waals surface area contributed by atoms with Gasteiger partial charge in [-0.15, -0.1) is 0 Å². The summed E-state index contributed by atoms with van der Waals surface area (Å²) in [5.41, 5.74) is 0. The van der Waals surface area contributed by atoms with E-state index >= 15 is 0 Å². The molecule has 0 aliphatic heterocycles. The van der Waals surface area contributed by atoms with Gasteiger partial charge in [0.1, 0.15) is 6.04 Å². The quantitative estimate of drug-likeness (QED) is 0.612. The molecule has 2 N–H and O–H groups in total. The summed E-state index contributed by atoms with van der Waals surface area (Å²) in [7, 11) is 0. The molecule has 0 saturated heterocycles. The molecular weight excluding hydrogens is 218 g/mol. The highest BCUT2D eigenvalue weighted by Gasteiger charge is 2.22. The van der Waals surface area contributed by atoms with Crippen molar-refractivity contribution in [2.24, 2.45) is 5.92 Å². The van der Waals surface area contributed by atoms with E-state index in [9.17, 15) is 9.59 Å². The number of rotatable bonds is 9. The number of carboxylic acid groups (broad SMARTS) is 1. The third-order valence-corrected chi connectivity index (χ3v) is 2.76. The number of unbranched alkanes of at least 4 members (excludes halogenated alkanes) is 4. The van der Waals surface area contributed by atoms with Gasteiger partial charge in [0, 0.05) is 6.42 Å². The number of aliphatic carboxylic acids is 1. The molecule has 1 unspecified atom stereocenters. The van der Waals surface area contributed by atoms with Gasteiger partial charge < -0.3 is 10.4 Å². The smallest absolute Gasteiger partial charge is 0.326 e. The molecule has 0 aromatic carbocycles. The molecule has 0 aromatic rings. The Morgan fingerprint density at radius 2 is 1.71 bits per heavy atom. The highest BCUT2D eigenvalue weighted by atomic mass is 16.4. The Hall–Kier alpha value is -1.06. The molecule has 0 aromatic heterocycles. The van der Waals surface area contributed by atoms with Gasteiger partial charge in [0.25, 0.3) is 0 Å². The molecule has 17 heavy (non-hydrogen) atoms. The van der Waals surface area contributed by atoms with E-state index in [1.54, 1.807) is 13.8 Å². The Balaban J connectivity index is 3.80. The van der Waals surface area contributed by atoms with Crippen molar-refractivity contribution in [3.05, 3.63) is 0 Å². The van der Waals surface area contributed by atoms with Crippen molar-refractivity contribution in [1.82, 2.24) is 5.32 Å². The number of hydrogen-bond acceptors (Lipinski definition) is 2. The van der Waals surface area contributed by atoms with Crippen LogP contribution in [0.4, 0.5) is 0 Å². The van der Waals surface area contributed by atoms with Crippen molar-refractivity contribution < 1.29 is 14.7 Å². The average Bonchev–Trinajstić information content (AvgIpc) is 2.24. The number of amides is 1. The van der Waals surface area contributed by atoms with Gasteiger partial charge in [0.15, 0.2) is 0 Å². The molecule has 0 fully saturated rings. The van der Waals surface area contributed by atoms with Crippen LogP contribution < -0.4 is 5.32 Å². The summed E-state index contributed by atoms with van der Waals surface area (Å²) in [6.07, 6.45) is 5.85. The largest absolute Gasteiger partial charge is 0.480 e. The zero-order valence-electron chi connectivity index (χ0n) is 11.2. The molecule has 0 saturated carbocycles. The fourth-order valence-corrected chi connectivity index (χ4v) is 1.65. The minimum atomic E-state index is -0.959. The Morgan fingerprint density at radius 1 is 1.12 bits per heavy atom. The monoisotopic (exact) mass is 243 g/mol. The lowest BCUT2D eigenvalue weighted by Gasteiger charge is -2.17. The lowest BCUT2D eigenvalue weighted by molar-refractivity contribution is -0.143. The van der Waals surface area contributed by atoms with E-state index in [0.29, 0.717) is 6.42 Å². The molecule has 0 heterocycles. The Morgan fingerprint density at radius 3 is 2.18 bits per heavy atom. The van der Waals surface area contributed by atoms with Crippen LogP contribution in [-0.2, 0) is 9.59 Å². The predicted octanol–water partition coefficient (Wildman–Crippen LogP) is 2.57. The predicted molar refractivity (Wildman–Crippen MR) is 67.8 cm³/mol. The molecule has 0 radical (unpaired) electrons. The standard InChI is InChI=1S/C13H25NO3/c1-4-5-6-7-8-9-11(15)14-12(10(2)3)13(16)17/h10,12H,4-9H2,1-3H3,(H,14,15)(H,16,17). The minimum absolute atomic E-state index is 0.0865. The highest BCUT2D eigenvalue weighted by Crippen LogP contribution is 2.06. The van der Waals surface area contributed by atoms with Crippen LogP contribution in [0.1, 0.15) is 59.3 Å². The van der Waals surface area contributed by atoms with Crippen LogP contribution in [0.3, 0.4) is 0 Å². The third-order valence-electron chi connectivity index (χ3n) is 2.76. The van der Waals surface area contributed by atoms with Crippen molar-refractivity contribution in [1.29, 1.82) is 0 Å². The lowest BCUT2D eigenvalue weighted by atomic mass is 10.0. The Labute approximate surface area is 104 Å². The summed E-state index contributed by atoms with van der Waals surface area (Å²) in [6.45, 7) is 5.73. The Bertz CT molecular complexity index is 239. The van der Waals surface area contributed by atoms with Crippen molar-refractivity contribution in [3.8, 4) is 0 Å². The van der Waals surface area contributed by atoms with Gasteiger partial charge in [-0.2, -0.15) is 0 Å². The maximum absolute atomic E-state index is 11.5. The molecular formula is C13H25NO3. The summed E-state index contributed by atoms with van der Waals surface area (Å²) in [4.78, 5) is 22.4. The highest BCUT2D eigenvalue weighted by molar-refractivity contribution is 5.83. The first-order valence-corrected chi connectivity index (χ1v) is 6.51. The van der Waals surface area contributed by atoms with Crippen LogP contribution in [0, 0.1) is 5.92 Å². The van der Waals surface area contributed by atoms with Gasteiger partial charge in [-0.1, -0.05) is 46.5 Å². The van der Waals surface area contributed by atoms with Gasteiger partial charge in [-0.3, -0.25) is 4.79 Å². The van der Waals surface area contributed by atoms with Crippen LogP contribution in [0.15, 0.2) is 0 Å². The molecule has 0 bridgehead atoms. The van der Waals surface area contributed by atoms with Crippen molar-refractivity contribution in [2.75, 3.05) is 0 Å². The van der Waals surface area contributed by atoms with E-state index in [2.05, 4.69) is 12.2 Å². The van der Waals surface area contributed by atoms with Gasteiger partial charge in [-0.25, -0.2) is 4.79 Å². The molecule has 4 heteroatoms. The van der Waals surface area contributed by atoms with Crippen molar-refractivity contribution in [3.63, 3.8) is 0 Å². The normalized spacial score (nSPS) is 12.5. The first kappa shape index (κ1) is 15.9. The van der Waals surface area contributed by atoms with Gasteiger partial charge in [-0.05, 0) is 12.3 Å². The van der Waals surface area contributed by atoms with Gasteiger partial charge >= 0.3 is 5.97 Å². The third kappa shape index (κ3) is 7.77. The number of carbonyl (C=O) groups excluding carboxylic acids is 1. The fourth-order valence-electron chi connectivity index (χ4n) is 1.65. The second-order valence-electron chi connectivity index (χ2n) is 4.79. The molecule has 0 aliphatic carbocycles. The summed E-state index contributed by atoms with van der Waals surface area (Å²) in [5, 5.41) is 11.5. The number of carboxylic acids is 1. The second-order valence-corrected chi connectivity index (χ2v) is 4.79. The molecule has 1 amide bonds. The van der Waals surface area contributed by atoms with Gasteiger partial charge in [0.2, 0.25) is 5.91 Å². The van der Waals surface area contributed by atoms with E-state index in [1.807, 2.05) is 0 Å². The molecule has 100 valence electrons. The van der Waals surface area contributed by atoms with Crippen LogP contribution in [0.2, 0.25) is 0 Å². The fraction of sp³-hybridized carbons (Fsp3) is 0.846. The van der Waals surface area contributed by atoms with E-state index < -0.39 is 12.0 Å². The molecule has 0 rings (SSSR count). The lowest BCUT2D eigenvalue weighted by Crippen LogP contribution is -2.44. The van der Waals surface area contributed by atoms with E-state index in [0.717, 1.165) is 19.3 Å². The molecule has 4 nitrogen and oxygen atoms in total. The molecule has 0 aliphatic rings. The summed E-state index contributed by atoms with van der Waals surface area (Å²) in [5.74, 6) is -1.20.